The average molecular weight is 183 g/mol. The van der Waals surface area contributed by atoms with Crippen LogP contribution < -0.4 is 18.1 Å². The normalized spacial score (nSPS) is 16.9. The lowest BCUT2D eigenvalue weighted by atomic mass is 10.3. The molecule has 4 heteroatoms. The summed E-state index contributed by atoms with van der Waals surface area (Å²) in [7, 11) is 3.86. The van der Waals surface area contributed by atoms with Crippen molar-refractivity contribution in [3.05, 3.63) is 0 Å². The lowest BCUT2D eigenvalue weighted by molar-refractivity contribution is -0.957. The molecular weight excluding hydrogens is 164 g/mol. The quantitative estimate of drug-likeness (QED) is 0.364. The summed E-state index contributed by atoms with van der Waals surface area (Å²) in [6.45, 7) is 3.78. The first-order valence-electron chi connectivity index (χ1n) is 3.70. The number of aliphatic hydroxyl groups excluding tert-OH is 1. The van der Waals surface area contributed by atoms with Crippen LogP contribution in [-0.2, 0) is 0 Å². The van der Waals surface area contributed by atoms with E-state index in [-0.39, 0.29) is 18.6 Å². The summed E-state index contributed by atoms with van der Waals surface area (Å²) in [6, 6.07) is 0. The van der Waals surface area contributed by atoms with Crippen molar-refractivity contribution in [1.29, 1.82) is 0 Å². The molecule has 0 amide bonds. The summed E-state index contributed by atoms with van der Waals surface area (Å²) in [5.74, 6) is 0. The van der Waals surface area contributed by atoms with Gasteiger partial charge >= 0.3 is 0 Å². The highest BCUT2D eigenvalue weighted by molar-refractivity contribution is 4.44. The monoisotopic (exact) mass is 182 g/mol. The van der Waals surface area contributed by atoms with Crippen molar-refractivity contribution < 1.29 is 22.0 Å². The van der Waals surface area contributed by atoms with Crippen molar-refractivity contribution in [3.63, 3.8) is 0 Å². The maximum absolute atomic E-state index is 9.27. The first-order chi connectivity index (χ1) is 4.42. The average Bonchev–Trinajstić information content (AvgIpc) is 1.86. The second-order valence-electron chi connectivity index (χ2n) is 3.24. The molecule has 0 aromatic heterocycles. The lowest BCUT2D eigenvalue weighted by Crippen LogP contribution is -3.00. The minimum absolute atomic E-state index is 0. The number of nitrogens with two attached hydrogens (primary N) is 1. The Bertz CT molecular complexity index is 107. The molecular formula is C7H19ClN2O. The van der Waals surface area contributed by atoms with Gasteiger partial charge in [0.05, 0.1) is 14.1 Å². The summed E-state index contributed by atoms with van der Waals surface area (Å²) in [5.41, 5.74) is 5.76. The number of halogens is 1. The van der Waals surface area contributed by atoms with Gasteiger partial charge in [-0.05, 0) is 0 Å². The maximum atomic E-state index is 9.27. The number of hydrogen-bond donors (Lipinski definition) is 2. The van der Waals surface area contributed by atoms with E-state index in [9.17, 15) is 5.11 Å². The van der Waals surface area contributed by atoms with Crippen LogP contribution in [0.25, 0.3) is 0 Å². The van der Waals surface area contributed by atoms with Gasteiger partial charge in [0.1, 0.15) is 6.17 Å². The first kappa shape index (κ1) is 13.7. The van der Waals surface area contributed by atoms with Crippen LogP contribution in [0.15, 0.2) is 0 Å². The molecule has 11 heavy (non-hydrogen) atoms. The number of nitrogens with zero attached hydrogens (tertiary/aromatic N) is 1. The molecule has 0 aliphatic carbocycles. The first-order valence-corrected chi connectivity index (χ1v) is 3.70. The van der Waals surface area contributed by atoms with E-state index >= 15 is 0 Å². The molecule has 0 saturated heterocycles. The van der Waals surface area contributed by atoms with Crippen LogP contribution >= 0.6 is 0 Å². The number of rotatable bonds is 3. The molecule has 0 aliphatic rings. The molecule has 0 aromatic rings. The molecule has 0 saturated carbocycles. The molecule has 3 nitrogen and oxygen atoms in total. The molecule has 0 heterocycles. The topological polar surface area (TPSA) is 46.2 Å². The van der Waals surface area contributed by atoms with E-state index in [1.165, 1.54) is 0 Å². The highest BCUT2D eigenvalue weighted by Crippen LogP contribution is 2.08. The Morgan fingerprint density at radius 3 is 1.91 bits per heavy atom. The Morgan fingerprint density at radius 2 is 1.82 bits per heavy atom. The molecule has 0 bridgehead atoms. The van der Waals surface area contributed by atoms with Crippen molar-refractivity contribution in [1.82, 2.24) is 0 Å². The van der Waals surface area contributed by atoms with E-state index in [2.05, 4.69) is 0 Å². The standard InChI is InChI=1S/C7H19N2O.ClH/c1-5-7(8)9(3,4)6(2)10;/h6-7,10H,5,8H2,1-4H3;1H/q+1;/p-1. The Hall–Kier alpha value is 0.170. The van der Waals surface area contributed by atoms with Gasteiger partial charge in [-0.25, -0.2) is 0 Å². The van der Waals surface area contributed by atoms with Gasteiger partial charge in [-0.15, -0.1) is 0 Å². The minimum atomic E-state index is -0.394. The van der Waals surface area contributed by atoms with Crippen molar-refractivity contribution in [2.75, 3.05) is 14.1 Å². The third-order valence-electron chi connectivity index (χ3n) is 2.24. The van der Waals surface area contributed by atoms with Crippen molar-refractivity contribution in [2.24, 2.45) is 5.73 Å². The van der Waals surface area contributed by atoms with Crippen molar-refractivity contribution in [2.45, 2.75) is 32.7 Å². The summed E-state index contributed by atoms with van der Waals surface area (Å²) in [4.78, 5) is 0. The van der Waals surface area contributed by atoms with Crippen LogP contribution in [0, 0.1) is 0 Å². The molecule has 0 rings (SSSR count). The summed E-state index contributed by atoms with van der Waals surface area (Å²) in [5, 5.41) is 9.27. The van der Waals surface area contributed by atoms with Gasteiger partial charge in [0, 0.05) is 13.3 Å². The Labute approximate surface area is 75.2 Å². The summed E-state index contributed by atoms with van der Waals surface area (Å²) in [6.07, 6.45) is 0.521. The zero-order chi connectivity index (χ0) is 8.36. The maximum Gasteiger partial charge on any atom is 0.188 e. The Balaban J connectivity index is 0. The fourth-order valence-electron chi connectivity index (χ4n) is 0.748. The van der Waals surface area contributed by atoms with E-state index in [4.69, 9.17) is 5.73 Å². The summed E-state index contributed by atoms with van der Waals surface area (Å²) < 4.78 is 0.469. The molecule has 70 valence electrons. The Morgan fingerprint density at radius 1 is 1.45 bits per heavy atom. The SMILES string of the molecule is CCC(N)[N+](C)(C)C(C)O.[Cl-]. The van der Waals surface area contributed by atoms with Crippen molar-refractivity contribution >= 4 is 0 Å². The van der Waals surface area contributed by atoms with E-state index in [1.807, 2.05) is 21.0 Å². The van der Waals surface area contributed by atoms with Gasteiger partial charge in [-0.2, -0.15) is 0 Å². The van der Waals surface area contributed by atoms with E-state index in [0.717, 1.165) is 6.42 Å². The number of quaternary nitrogens is 1. The molecule has 0 radical (unpaired) electrons. The van der Waals surface area contributed by atoms with E-state index in [1.54, 1.807) is 6.92 Å². The fourth-order valence-corrected chi connectivity index (χ4v) is 0.748. The third kappa shape index (κ3) is 3.38. The predicted molar refractivity (Wildman–Crippen MR) is 42.1 cm³/mol. The van der Waals surface area contributed by atoms with Gasteiger partial charge in [0.25, 0.3) is 0 Å². The van der Waals surface area contributed by atoms with Crippen molar-refractivity contribution in [3.8, 4) is 0 Å². The van der Waals surface area contributed by atoms with Crippen LogP contribution in [-0.4, -0.2) is 36.1 Å². The highest BCUT2D eigenvalue weighted by Gasteiger charge is 2.27. The Kier molecular flexibility index (Phi) is 6.16. The smallest absolute Gasteiger partial charge is 0.188 e. The number of hydrogen-bond acceptors (Lipinski definition) is 2. The molecule has 2 unspecified atom stereocenters. The van der Waals surface area contributed by atoms with Gasteiger partial charge in [0.15, 0.2) is 6.23 Å². The van der Waals surface area contributed by atoms with Gasteiger partial charge in [-0.1, -0.05) is 6.92 Å². The van der Waals surface area contributed by atoms with Crippen LogP contribution in [0.5, 0.6) is 0 Å². The lowest BCUT2D eigenvalue weighted by Gasteiger charge is -2.37. The molecule has 0 aromatic carbocycles. The van der Waals surface area contributed by atoms with Crippen LogP contribution in [0.1, 0.15) is 20.3 Å². The van der Waals surface area contributed by atoms with E-state index in [0.29, 0.717) is 4.48 Å². The van der Waals surface area contributed by atoms with Crippen LogP contribution in [0.2, 0.25) is 0 Å². The van der Waals surface area contributed by atoms with Gasteiger partial charge in [0.2, 0.25) is 0 Å². The highest BCUT2D eigenvalue weighted by atomic mass is 35.5. The third-order valence-corrected chi connectivity index (χ3v) is 2.24. The second-order valence-corrected chi connectivity index (χ2v) is 3.24. The predicted octanol–water partition coefficient (Wildman–Crippen LogP) is -2.90. The molecule has 3 N–H and O–H groups in total. The van der Waals surface area contributed by atoms with Gasteiger partial charge in [-0.3, -0.25) is 10.2 Å². The fraction of sp³-hybridized carbons (Fsp3) is 1.00. The zero-order valence-electron chi connectivity index (χ0n) is 7.71. The minimum Gasteiger partial charge on any atom is -1.00 e. The van der Waals surface area contributed by atoms with Crippen LogP contribution in [0.3, 0.4) is 0 Å². The largest absolute Gasteiger partial charge is 1.00 e. The molecule has 2 atom stereocenters. The molecule has 0 fully saturated rings. The summed E-state index contributed by atoms with van der Waals surface area (Å²) >= 11 is 0. The van der Waals surface area contributed by atoms with Crippen LogP contribution in [0.4, 0.5) is 0 Å². The van der Waals surface area contributed by atoms with E-state index < -0.39 is 6.23 Å². The molecule has 0 spiro atoms. The van der Waals surface area contributed by atoms with Gasteiger partial charge < -0.3 is 17.5 Å². The number of aliphatic hydroxyl groups is 1. The molecule has 0 aliphatic heterocycles. The second kappa shape index (κ2) is 4.93. The zero-order valence-corrected chi connectivity index (χ0v) is 8.47.